The summed E-state index contributed by atoms with van der Waals surface area (Å²) in [6.07, 6.45) is -4.27. The molecule has 2 atom stereocenters. The molecule has 1 fully saturated rings. The molecule has 0 aliphatic carbocycles. The molecule has 4 aromatic carbocycles. The van der Waals surface area contributed by atoms with E-state index in [9.17, 15) is 35.9 Å². The number of rotatable bonds is 9. The highest BCUT2D eigenvalue weighted by molar-refractivity contribution is 6.00. The molecule has 7 N–H and O–H groups in total. The minimum Gasteiger partial charge on any atom is -0.383 e. The van der Waals surface area contributed by atoms with Crippen molar-refractivity contribution in [1.82, 2.24) is 45.9 Å². The molecule has 1 aliphatic heterocycles. The molecule has 3 aromatic heterocycles. The second-order valence-electron chi connectivity index (χ2n) is 14.2. The van der Waals surface area contributed by atoms with Crippen molar-refractivity contribution in [2.75, 3.05) is 31.7 Å². The summed E-state index contributed by atoms with van der Waals surface area (Å²) in [7, 11) is 1.61. The summed E-state index contributed by atoms with van der Waals surface area (Å²) in [6, 6.07) is 22.2. The minimum atomic E-state index is -4.71. The van der Waals surface area contributed by atoms with Crippen molar-refractivity contribution in [3.05, 3.63) is 132 Å². The van der Waals surface area contributed by atoms with Crippen molar-refractivity contribution in [2.24, 2.45) is 0 Å². The van der Waals surface area contributed by atoms with Crippen molar-refractivity contribution in [1.29, 1.82) is 0 Å². The number of hydrogen-bond acceptors (Lipinski definition) is 12. The molecule has 20 heteroatoms. The average Bonchev–Trinajstić information content (AvgIpc) is 3.75. The number of benzene rings is 4. The molecule has 4 heterocycles. The zero-order chi connectivity index (χ0) is 44.9. The Morgan fingerprint density at radius 3 is 1.67 bits per heavy atom. The Kier molecular flexibility index (Phi) is 12.7. The highest BCUT2D eigenvalue weighted by atomic mass is 19.4. The first-order valence-electron chi connectivity index (χ1n) is 19.1. The van der Waals surface area contributed by atoms with Gasteiger partial charge in [-0.15, -0.1) is 0 Å². The zero-order valence-corrected chi connectivity index (χ0v) is 33.1. The standard InChI is InChI=1S/C22H22F3N5O2.C21H15F3N6O/c1-32-15-9-14(27-11-15)10-28-21(31)20-29-18-16(19(26)30-20)7-13(8-17(18)22(23,24)25)12-5-3-2-4-6-12;22-21(23,24)16-9-13(12-4-2-1-3-5-12)8-15-17(16)29-19(30-18(15)25)20(31)28-11-14-10-26-6-7-27-14/h2-8,14-15,27H,9-11H2,1H3,(H,28,31)(H2,26,29,30);1-10H,11H2,(H,28,31)(H2,25,29,30). The van der Waals surface area contributed by atoms with Crippen LogP contribution in [0.25, 0.3) is 44.1 Å². The highest BCUT2D eigenvalue weighted by Gasteiger charge is 2.36. The Hall–Kier alpha value is -7.32. The third-order valence-electron chi connectivity index (χ3n) is 9.96. The fourth-order valence-electron chi connectivity index (χ4n) is 6.82. The Balaban J connectivity index is 0.000000189. The predicted octanol–water partition coefficient (Wildman–Crippen LogP) is 6.62. The van der Waals surface area contributed by atoms with Crippen LogP contribution < -0.4 is 27.4 Å². The van der Waals surface area contributed by atoms with Crippen LogP contribution in [0.5, 0.6) is 0 Å². The smallest absolute Gasteiger partial charge is 0.383 e. The molecule has 0 saturated carbocycles. The van der Waals surface area contributed by atoms with E-state index in [1.165, 1.54) is 30.7 Å². The molecular weight excluding hydrogens is 833 g/mol. The van der Waals surface area contributed by atoms with Gasteiger partial charge in [0.05, 0.1) is 46.7 Å². The summed E-state index contributed by atoms with van der Waals surface area (Å²) < 4.78 is 88.4. The highest BCUT2D eigenvalue weighted by Crippen LogP contribution is 2.40. The third kappa shape index (κ3) is 10.2. The van der Waals surface area contributed by atoms with Crippen LogP contribution in [0.15, 0.2) is 104 Å². The van der Waals surface area contributed by atoms with Gasteiger partial charge in [-0.05, 0) is 52.9 Å². The van der Waals surface area contributed by atoms with Crippen LogP contribution in [-0.2, 0) is 23.6 Å². The van der Waals surface area contributed by atoms with E-state index in [1.807, 2.05) is 0 Å². The first-order chi connectivity index (χ1) is 30.1. The maximum absolute atomic E-state index is 13.9. The first kappa shape index (κ1) is 43.8. The van der Waals surface area contributed by atoms with E-state index in [2.05, 4.69) is 45.9 Å². The summed E-state index contributed by atoms with van der Waals surface area (Å²) >= 11 is 0. The van der Waals surface area contributed by atoms with Gasteiger partial charge in [-0.2, -0.15) is 26.3 Å². The quantitative estimate of drug-likeness (QED) is 0.0970. The van der Waals surface area contributed by atoms with E-state index in [0.717, 1.165) is 12.1 Å². The van der Waals surface area contributed by atoms with Crippen LogP contribution in [0.3, 0.4) is 0 Å². The van der Waals surface area contributed by atoms with Gasteiger partial charge < -0.3 is 32.2 Å². The van der Waals surface area contributed by atoms with Crippen molar-refractivity contribution >= 4 is 45.3 Å². The fourth-order valence-corrected chi connectivity index (χ4v) is 6.82. The maximum atomic E-state index is 13.9. The second-order valence-corrected chi connectivity index (χ2v) is 14.2. The Morgan fingerprint density at radius 1 is 0.714 bits per heavy atom. The zero-order valence-electron chi connectivity index (χ0n) is 33.1. The van der Waals surface area contributed by atoms with Crippen LogP contribution in [-0.4, -0.2) is 74.1 Å². The number of carbonyl (C=O) groups excluding carboxylic acids is 2. The number of nitrogen functional groups attached to an aromatic ring is 2. The van der Waals surface area contributed by atoms with Gasteiger partial charge in [-0.3, -0.25) is 19.6 Å². The molecule has 63 heavy (non-hydrogen) atoms. The van der Waals surface area contributed by atoms with E-state index in [1.54, 1.807) is 67.8 Å². The first-order valence-corrected chi connectivity index (χ1v) is 19.1. The van der Waals surface area contributed by atoms with Gasteiger partial charge in [0.1, 0.15) is 11.6 Å². The van der Waals surface area contributed by atoms with Crippen LogP contribution in [0.4, 0.5) is 38.0 Å². The number of alkyl halides is 6. The molecule has 7 aromatic rings. The molecule has 0 bridgehead atoms. The number of carbonyl (C=O) groups is 2. The number of ether oxygens (including phenoxy) is 1. The lowest BCUT2D eigenvalue weighted by Crippen LogP contribution is -2.37. The number of hydrogen-bond donors (Lipinski definition) is 5. The van der Waals surface area contributed by atoms with Crippen LogP contribution in [0.1, 0.15) is 44.5 Å². The van der Waals surface area contributed by atoms with Gasteiger partial charge >= 0.3 is 12.4 Å². The molecule has 1 saturated heterocycles. The predicted molar refractivity (Wildman–Crippen MR) is 222 cm³/mol. The van der Waals surface area contributed by atoms with Crippen LogP contribution >= 0.6 is 0 Å². The molecule has 0 spiro atoms. The van der Waals surface area contributed by atoms with Crippen molar-refractivity contribution in [3.63, 3.8) is 0 Å². The van der Waals surface area contributed by atoms with E-state index >= 15 is 0 Å². The van der Waals surface area contributed by atoms with E-state index < -0.39 is 58.0 Å². The number of nitrogens with one attached hydrogen (secondary N) is 3. The molecule has 8 rings (SSSR count). The van der Waals surface area contributed by atoms with Crippen molar-refractivity contribution in [3.8, 4) is 22.3 Å². The molecule has 324 valence electrons. The SMILES string of the molecule is COC1CNC(CNC(=O)c2nc(N)c3cc(-c4ccccc4)cc(C(F)(F)F)c3n2)C1.Nc1nc(C(=O)NCc2cnccn2)nc2c(C(F)(F)F)cc(-c3ccccc3)cc12. The number of nitrogens with zero attached hydrogens (tertiary/aromatic N) is 6. The molecule has 1 aliphatic rings. The van der Waals surface area contributed by atoms with Gasteiger partial charge in [-0.25, -0.2) is 19.9 Å². The number of nitrogens with two attached hydrogens (primary N) is 2. The van der Waals surface area contributed by atoms with Crippen LogP contribution in [0.2, 0.25) is 0 Å². The minimum absolute atomic E-state index is 0.00699. The molecular formula is C43H37F6N11O3. The largest absolute Gasteiger partial charge is 0.418 e. The lowest BCUT2D eigenvalue weighted by atomic mass is 9.99. The molecule has 0 radical (unpaired) electrons. The second kappa shape index (κ2) is 18.3. The summed E-state index contributed by atoms with van der Waals surface area (Å²) in [5, 5.41) is 8.41. The average molecular weight is 870 g/mol. The molecule has 14 nitrogen and oxygen atoms in total. The number of methoxy groups -OCH3 is 1. The lowest BCUT2D eigenvalue weighted by Gasteiger charge is -2.15. The van der Waals surface area contributed by atoms with Gasteiger partial charge in [-0.1, -0.05) is 60.7 Å². The number of fused-ring (bicyclic) bond motifs is 2. The number of halogens is 6. The third-order valence-corrected chi connectivity index (χ3v) is 9.96. The molecule has 2 amide bonds. The number of amides is 2. The number of aromatic nitrogens is 6. The van der Waals surface area contributed by atoms with E-state index in [0.29, 0.717) is 40.9 Å². The monoisotopic (exact) mass is 869 g/mol. The van der Waals surface area contributed by atoms with E-state index in [4.69, 9.17) is 16.2 Å². The summed E-state index contributed by atoms with van der Waals surface area (Å²) in [4.78, 5) is 48.6. The Morgan fingerprint density at radius 2 is 1.22 bits per heavy atom. The Labute approximate surface area is 354 Å². The van der Waals surface area contributed by atoms with Crippen LogP contribution in [0, 0.1) is 0 Å². The maximum Gasteiger partial charge on any atom is 0.418 e. The molecule has 2 unspecified atom stereocenters. The summed E-state index contributed by atoms with van der Waals surface area (Å²) in [6.45, 7) is 0.932. The fraction of sp³-hybridized carbons (Fsp3) is 0.209. The van der Waals surface area contributed by atoms with Gasteiger partial charge in [0.25, 0.3) is 11.8 Å². The van der Waals surface area contributed by atoms with Crippen molar-refractivity contribution < 1.29 is 40.7 Å². The topological polar surface area (TPSA) is 209 Å². The Bertz CT molecular complexity index is 2760. The normalized spacial score (nSPS) is 15.2. The lowest BCUT2D eigenvalue weighted by molar-refractivity contribution is -0.137. The van der Waals surface area contributed by atoms with E-state index in [-0.39, 0.29) is 47.6 Å². The van der Waals surface area contributed by atoms with Gasteiger partial charge in [0, 0.05) is 49.4 Å². The summed E-state index contributed by atoms with van der Waals surface area (Å²) in [5.74, 6) is -2.76. The van der Waals surface area contributed by atoms with Gasteiger partial charge in [0.15, 0.2) is 0 Å². The van der Waals surface area contributed by atoms with Crippen molar-refractivity contribution in [2.45, 2.75) is 37.5 Å². The number of anilines is 2. The summed E-state index contributed by atoms with van der Waals surface area (Å²) in [5.41, 5.74) is 11.4. The van der Waals surface area contributed by atoms with Gasteiger partial charge in [0.2, 0.25) is 11.6 Å².